The van der Waals surface area contributed by atoms with E-state index in [0.717, 1.165) is 37.0 Å². The molecule has 0 unspecified atom stereocenters. The summed E-state index contributed by atoms with van der Waals surface area (Å²) in [5, 5.41) is 10.9. The highest BCUT2D eigenvalue weighted by Crippen LogP contribution is 2.25. The van der Waals surface area contributed by atoms with Gasteiger partial charge in [0.2, 0.25) is 17.6 Å². The Bertz CT molecular complexity index is 1200. The third kappa shape index (κ3) is 12.9. The Morgan fingerprint density at radius 3 is 2.11 bits per heavy atom. The number of nitrogens with zero attached hydrogens (tertiary/aromatic N) is 2. The normalized spacial score (nSPS) is 15.1. The molecular formula is C28H33F6N3O5S2. The number of benzene rings is 1. The number of likely N-dealkylation sites (tertiary alicyclic amines) is 1. The minimum absolute atomic E-state index is 0.157. The van der Waals surface area contributed by atoms with Gasteiger partial charge in [-0.25, -0.2) is 4.79 Å². The van der Waals surface area contributed by atoms with E-state index in [1.165, 1.54) is 16.9 Å². The minimum Gasteiger partial charge on any atom is -0.475 e. The number of thiophene rings is 1. The molecule has 0 spiro atoms. The lowest BCUT2D eigenvalue weighted by molar-refractivity contribution is -0.192. The number of hydrogen-bond donors (Lipinski definition) is 2. The highest BCUT2D eigenvalue weighted by molar-refractivity contribution is 7.99. The van der Waals surface area contributed by atoms with E-state index in [4.69, 9.17) is 15.6 Å². The van der Waals surface area contributed by atoms with Gasteiger partial charge >= 0.3 is 18.3 Å². The first-order valence-corrected chi connectivity index (χ1v) is 15.5. The Hall–Kier alpha value is -3.11. The molecule has 0 bridgehead atoms. The van der Waals surface area contributed by atoms with Crippen LogP contribution in [0, 0.1) is 0 Å². The van der Waals surface area contributed by atoms with Crippen LogP contribution in [-0.4, -0.2) is 87.5 Å². The summed E-state index contributed by atoms with van der Waals surface area (Å²) in [7, 11) is 0. The third-order valence-corrected chi connectivity index (χ3v) is 8.42. The molecule has 1 aliphatic rings. The molecule has 0 saturated carbocycles. The van der Waals surface area contributed by atoms with Gasteiger partial charge < -0.3 is 15.7 Å². The second kappa shape index (κ2) is 17.4. The van der Waals surface area contributed by atoms with E-state index < -0.39 is 41.8 Å². The number of rotatable bonds is 13. The maximum absolute atomic E-state index is 13.5. The van der Waals surface area contributed by atoms with Crippen molar-refractivity contribution in [3.8, 4) is 0 Å². The fraction of sp³-hybridized carbons (Fsp3) is 0.500. The zero-order valence-electron chi connectivity index (χ0n) is 23.5. The van der Waals surface area contributed by atoms with Crippen molar-refractivity contribution in [3.63, 3.8) is 0 Å². The van der Waals surface area contributed by atoms with E-state index in [-0.39, 0.29) is 30.5 Å². The highest BCUT2D eigenvalue weighted by Gasteiger charge is 2.39. The standard InChI is InChI=1S/C26H32F3N3O3S2.C2HF3O2/c27-26(28,29)23(33)18-36-13-4-7-22(25(30)35)32(24(34)15-20-10-14-37-17-20)21-8-11-31(12-9-21)16-19-5-2-1-3-6-19;3-2(4,5)1(6)7/h1-3,5-6,10,14,17,21-22H,4,7-9,11-13,15-16,18H2,(H2,30,35);(H,6,7)/t22-;/m0./s1. The number of nitrogens with two attached hydrogens (primary N) is 1. The first-order chi connectivity index (χ1) is 20.6. The van der Waals surface area contributed by atoms with Crippen molar-refractivity contribution in [2.45, 2.75) is 63.1 Å². The summed E-state index contributed by atoms with van der Waals surface area (Å²) in [5.74, 6) is -5.74. The summed E-state index contributed by atoms with van der Waals surface area (Å²) in [6.45, 7) is 2.34. The lowest BCUT2D eigenvalue weighted by Crippen LogP contribution is -2.56. The van der Waals surface area contributed by atoms with Crippen LogP contribution in [0.2, 0.25) is 0 Å². The van der Waals surface area contributed by atoms with Crippen LogP contribution in [0.1, 0.15) is 36.8 Å². The van der Waals surface area contributed by atoms with Gasteiger partial charge in [0.25, 0.3) is 0 Å². The average Bonchev–Trinajstić information content (AvgIpc) is 3.45. The largest absolute Gasteiger partial charge is 0.490 e. The van der Waals surface area contributed by atoms with Crippen molar-refractivity contribution in [2.75, 3.05) is 24.6 Å². The summed E-state index contributed by atoms with van der Waals surface area (Å²) in [5.41, 5.74) is 7.83. The van der Waals surface area contributed by atoms with Crippen molar-refractivity contribution >= 4 is 46.7 Å². The number of carboxylic acids is 1. The van der Waals surface area contributed by atoms with Crippen LogP contribution in [0.5, 0.6) is 0 Å². The van der Waals surface area contributed by atoms with Gasteiger partial charge in [0, 0.05) is 25.7 Å². The maximum Gasteiger partial charge on any atom is 0.490 e. The molecule has 2 aromatic rings. The molecule has 1 aromatic heterocycles. The van der Waals surface area contributed by atoms with Crippen molar-refractivity contribution in [3.05, 3.63) is 58.3 Å². The summed E-state index contributed by atoms with van der Waals surface area (Å²) in [6.07, 6.45) is -7.78. The Balaban J connectivity index is 0.000000860. The molecule has 0 radical (unpaired) electrons. The third-order valence-electron chi connectivity index (χ3n) is 6.65. The van der Waals surface area contributed by atoms with Crippen LogP contribution in [0.25, 0.3) is 0 Å². The molecule has 3 N–H and O–H groups in total. The average molecular weight is 670 g/mol. The number of hydrogen-bond acceptors (Lipinski definition) is 7. The van der Waals surface area contributed by atoms with E-state index in [1.54, 1.807) is 4.90 Å². The molecular weight excluding hydrogens is 636 g/mol. The molecule has 1 saturated heterocycles. The van der Waals surface area contributed by atoms with E-state index in [0.29, 0.717) is 19.3 Å². The van der Waals surface area contributed by atoms with Crippen molar-refractivity contribution in [2.24, 2.45) is 5.73 Å². The van der Waals surface area contributed by atoms with Gasteiger partial charge in [-0.05, 0) is 59.4 Å². The molecule has 1 aliphatic heterocycles. The van der Waals surface area contributed by atoms with Crippen LogP contribution >= 0.6 is 23.1 Å². The monoisotopic (exact) mass is 669 g/mol. The van der Waals surface area contributed by atoms with Crippen molar-refractivity contribution < 1.29 is 50.6 Å². The predicted octanol–water partition coefficient (Wildman–Crippen LogP) is 4.92. The number of carboxylic acid groups (broad SMARTS) is 1. The van der Waals surface area contributed by atoms with Crippen molar-refractivity contribution in [1.82, 2.24) is 9.80 Å². The highest BCUT2D eigenvalue weighted by atomic mass is 32.2. The minimum atomic E-state index is -5.08. The summed E-state index contributed by atoms with van der Waals surface area (Å²) < 4.78 is 69.0. The number of alkyl halides is 6. The number of thioether (sulfide) groups is 1. The predicted molar refractivity (Wildman–Crippen MR) is 154 cm³/mol. The van der Waals surface area contributed by atoms with Gasteiger partial charge in [-0.15, -0.1) is 0 Å². The molecule has 2 amide bonds. The summed E-state index contributed by atoms with van der Waals surface area (Å²) >= 11 is 2.36. The summed E-state index contributed by atoms with van der Waals surface area (Å²) in [4.78, 5) is 49.9. The SMILES string of the molecule is NC(=O)[C@H](CCCSCC(=O)C(F)(F)F)N(C(=O)Cc1ccsc1)C1CCN(Cc2ccccc2)CC1.O=C(O)C(F)(F)F. The second-order valence-electron chi connectivity index (χ2n) is 9.94. The lowest BCUT2D eigenvalue weighted by atomic mass is 9.97. The maximum atomic E-state index is 13.5. The van der Waals surface area contributed by atoms with Crippen molar-refractivity contribution in [1.29, 1.82) is 0 Å². The fourth-order valence-electron chi connectivity index (χ4n) is 4.53. The van der Waals surface area contributed by atoms with Crippen LogP contribution in [0.4, 0.5) is 26.3 Å². The Morgan fingerprint density at radius 1 is 1.00 bits per heavy atom. The quantitative estimate of drug-likeness (QED) is 0.230. The second-order valence-corrected chi connectivity index (χ2v) is 11.8. The number of primary amides is 1. The number of amides is 2. The molecule has 3 rings (SSSR count). The van der Waals surface area contributed by atoms with E-state index in [9.17, 15) is 40.7 Å². The Morgan fingerprint density at radius 2 is 1.61 bits per heavy atom. The first-order valence-electron chi connectivity index (χ1n) is 13.4. The molecule has 0 aliphatic carbocycles. The van der Waals surface area contributed by atoms with Crippen LogP contribution in [0.3, 0.4) is 0 Å². The zero-order chi connectivity index (χ0) is 32.9. The number of Topliss-reactive ketones (excluding diaryl/α,β-unsaturated/α-hetero) is 1. The Labute approximate surface area is 258 Å². The van der Waals surface area contributed by atoms with Crippen LogP contribution in [-0.2, 0) is 32.1 Å². The fourth-order valence-corrected chi connectivity index (χ4v) is 6.06. The lowest BCUT2D eigenvalue weighted by Gasteiger charge is -2.41. The van der Waals surface area contributed by atoms with Gasteiger partial charge in [0.1, 0.15) is 6.04 Å². The number of piperidine rings is 1. The van der Waals surface area contributed by atoms with Gasteiger partial charge in [-0.2, -0.15) is 49.4 Å². The number of carbonyl (C=O) groups excluding carboxylic acids is 3. The zero-order valence-corrected chi connectivity index (χ0v) is 25.1. The summed E-state index contributed by atoms with van der Waals surface area (Å²) in [6, 6.07) is 11.0. The smallest absolute Gasteiger partial charge is 0.475 e. The topological polar surface area (TPSA) is 121 Å². The molecule has 1 fully saturated rings. The van der Waals surface area contributed by atoms with Crippen LogP contribution < -0.4 is 5.73 Å². The molecule has 244 valence electrons. The van der Waals surface area contributed by atoms with Gasteiger partial charge in [0.15, 0.2) is 0 Å². The van der Waals surface area contributed by atoms with Gasteiger partial charge in [-0.3, -0.25) is 19.3 Å². The number of carbonyl (C=O) groups is 4. The van der Waals surface area contributed by atoms with E-state index in [1.807, 2.05) is 35.0 Å². The van der Waals surface area contributed by atoms with E-state index in [2.05, 4.69) is 17.0 Å². The van der Waals surface area contributed by atoms with Gasteiger partial charge in [-0.1, -0.05) is 30.3 Å². The Kier molecular flexibility index (Phi) is 14.7. The number of halogens is 6. The van der Waals surface area contributed by atoms with Gasteiger partial charge in [0.05, 0.1) is 12.2 Å². The molecule has 44 heavy (non-hydrogen) atoms. The van der Waals surface area contributed by atoms with Crippen LogP contribution in [0.15, 0.2) is 47.2 Å². The molecule has 2 heterocycles. The first kappa shape index (κ1) is 37.1. The van der Waals surface area contributed by atoms with E-state index >= 15 is 0 Å². The number of ketones is 1. The molecule has 8 nitrogen and oxygen atoms in total. The molecule has 1 aromatic carbocycles. The molecule has 1 atom stereocenters. The number of aliphatic carboxylic acids is 1. The molecule has 16 heteroatoms.